The van der Waals surface area contributed by atoms with Gasteiger partial charge in [0, 0.05) is 12.8 Å². The van der Waals surface area contributed by atoms with Crippen molar-refractivity contribution in [2.45, 2.75) is 219 Å². The van der Waals surface area contributed by atoms with E-state index in [-0.39, 0.29) is 18.5 Å². The van der Waals surface area contributed by atoms with Crippen molar-refractivity contribution in [1.29, 1.82) is 0 Å². The van der Waals surface area contributed by atoms with Gasteiger partial charge in [-0.2, -0.15) is 0 Å². The van der Waals surface area contributed by atoms with Crippen molar-refractivity contribution in [1.82, 2.24) is 5.32 Å². The van der Waals surface area contributed by atoms with E-state index in [1.807, 2.05) is 6.08 Å². The Bertz CT molecular complexity index is 823. The highest BCUT2D eigenvalue weighted by Gasteiger charge is 2.17. The van der Waals surface area contributed by atoms with Crippen LogP contribution in [0.2, 0.25) is 0 Å². The summed E-state index contributed by atoms with van der Waals surface area (Å²) >= 11 is 0. The molecule has 0 aliphatic carbocycles. The lowest BCUT2D eigenvalue weighted by Crippen LogP contribution is -2.45. The summed E-state index contributed by atoms with van der Waals surface area (Å²) < 4.78 is 5.40. The SMILES string of the molecule is CCCCCC/C=C\CCCCCCCC(=O)OCCCC/C=C\CCCCCCC(=O)NC(CO)C(O)/C=C/CCCCCCCCCC. The zero-order valence-electron chi connectivity index (χ0n) is 32.9. The van der Waals surface area contributed by atoms with Gasteiger partial charge in [0.1, 0.15) is 0 Å². The summed E-state index contributed by atoms with van der Waals surface area (Å²) in [5.41, 5.74) is 0. The molecule has 0 bridgehead atoms. The molecule has 1 amide bonds. The molecule has 0 rings (SSSR count). The van der Waals surface area contributed by atoms with E-state index in [1.54, 1.807) is 6.08 Å². The van der Waals surface area contributed by atoms with Crippen LogP contribution in [0.1, 0.15) is 206 Å². The molecule has 2 unspecified atom stereocenters. The second-order valence-corrected chi connectivity index (χ2v) is 14.3. The molecule has 0 radical (unpaired) electrons. The Balaban J connectivity index is 3.59. The third kappa shape index (κ3) is 35.9. The number of esters is 1. The topological polar surface area (TPSA) is 95.9 Å². The first-order valence-electron chi connectivity index (χ1n) is 21.3. The van der Waals surface area contributed by atoms with Crippen LogP contribution in [0.15, 0.2) is 36.5 Å². The molecule has 0 fully saturated rings. The fraction of sp³-hybridized carbons (Fsp3) is 0.818. The Hall–Kier alpha value is -1.92. The van der Waals surface area contributed by atoms with Gasteiger partial charge in [0.15, 0.2) is 0 Å². The van der Waals surface area contributed by atoms with Crippen LogP contribution in [0, 0.1) is 0 Å². The molecule has 0 aromatic rings. The van der Waals surface area contributed by atoms with Gasteiger partial charge in [0.05, 0.1) is 25.4 Å². The number of unbranched alkanes of at least 4 members (excludes halogenated alkanes) is 23. The van der Waals surface area contributed by atoms with Crippen molar-refractivity contribution in [2.75, 3.05) is 13.2 Å². The number of allylic oxidation sites excluding steroid dienone is 5. The van der Waals surface area contributed by atoms with E-state index < -0.39 is 12.1 Å². The van der Waals surface area contributed by atoms with Crippen molar-refractivity contribution in [3.8, 4) is 0 Å². The minimum atomic E-state index is -0.864. The third-order valence-corrected chi connectivity index (χ3v) is 9.38. The molecule has 0 spiro atoms. The average Bonchev–Trinajstić information content (AvgIpc) is 3.11. The normalized spacial score (nSPS) is 13.1. The molecule has 3 N–H and O–H groups in total. The Morgan fingerprint density at radius 3 is 1.44 bits per heavy atom. The van der Waals surface area contributed by atoms with Gasteiger partial charge in [-0.1, -0.05) is 147 Å². The number of nitrogens with one attached hydrogen (secondary N) is 1. The Labute approximate surface area is 309 Å². The predicted octanol–water partition coefficient (Wildman–Crippen LogP) is 11.8. The summed E-state index contributed by atoms with van der Waals surface area (Å²) in [6.45, 7) is 4.75. The van der Waals surface area contributed by atoms with Gasteiger partial charge in [0.2, 0.25) is 5.91 Å². The fourth-order valence-corrected chi connectivity index (χ4v) is 6.03. The number of rotatable bonds is 38. The van der Waals surface area contributed by atoms with Crippen LogP contribution >= 0.6 is 0 Å². The Kier molecular flexibility index (Phi) is 38.3. The van der Waals surface area contributed by atoms with Crippen molar-refractivity contribution < 1.29 is 24.5 Å². The molecule has 0 aliphatic heterocycles. The Morgan fingerprint density at radius 1 is 0.540 bits per heavy atom. The van der Waals surface area contributed by atoms with Crippen LogP contribution in [0.3, 0.4) is 0 Å². The zero-order chi connectivity index (χ0) is 36.6. The van der Waals surface area contributed by atoms with Crippen molar-refractivity contribution in [3.05, 3.63) is 36.5 Å². The maximum absolute atomic E-state index is 12.3. The van der Waals surface area contributed by atoms with Crippen LogP contribution in [0.25, 0.3) is 0 Å². The second-order valence-electron chi connectivity index (χ2n) is 14.3. The molecule has 292 valence electrons. The van der Waals surface area contributed by atoms with Crippen LogP contribution in [-0.4, -0.2) is 47.4 Å². The second kappa shape index (κ2) is 39.9. The largest absolute Gasteiger partial charge is 0.466 e. The number of carbonyl (C=O) groups is 2. The van der Waals surface area contributed by atoms with E-state index in [2.05, 4.69) is 43.5 Å². The zero-order valence-corrected chi connectivity index (χ0v) is 32.9. The fourth-order valence-electron chi connectivity index (χ4n) is 6.03. The number of ether oxygens (including phenoxy) is 1. The summed E-state index contributed by atoms with van der Waals surface area (Å²) in [5.74, 6) is -0.158. The number of aliphatic hydroxyl groups is 2. The molecular weight excluding hydrogens is 622 g/mol. The molecule has 0 heterocycles. The lowest BCUT2D eigenvalue weighted by atomic mass is 10.1. The third-order valence-electron chi connectivity index (χ3n) is 9.38. The lowest BCUT2D eigenvalue weighted by molar-refractivity contribution is -0.143. The van der Waals surface area contributed by atoms with E-state index in [9.17, 15) is 19.8 Å². The maximum Gasteiger partial charge on any atom is 0.305 e. The van der Waals surface area contributed by atoms with Crippen molar-refractivity contribution in [2.24, 2.45) is 0 Å². The summed E-state index contributed by atoms with van der Waals surface area (Å²) in [5, 5.41) is 22.8. The summed E-state index contributed by atoms with van der Waals surface area (Å²) in [7, 11) is 0. The number of aliphatic hydroxyl groups excluding tert-OH is 2. The smallest absolute Gasteiger partial charge is 0.305 e. The summed E-state index contributed by atoms with van der Waals surface area (Å²) in [6.07, 6.45) is 45.6. The highest BCUT2D eigenvalue weighted by atomic mass is 16.5. The minimum absolute atomic E-state index is 0.0495. The molecule has 0 aliphatic rings. The van der Waals surface area contributed by atoms with Crippen LogP contribution in [-0.2, 0) is 14.3 Å². The van der Waals surface area contributed by atoms with Crippen LogP contribution in [0.5, 0.6) is 0 Å². The first-order chi connectivity index (χ1) is 24.5. The summed E-state index contributed by atoms with van der Waals surface area (Å²) in [4.78, 5) is 24.3. The molecule has 0 aromatic heterocycles. The molecule has 0 aromatic carbocycles. The lowest BCUT2D eigenvalue weighted by Gasteiger charge is -2.20. The molecule has 6 heteroatoms. The van der Waals surface area contributed by atoms with Gasteiger partial charge in [-0.3, -0.25) is 9.59 Å². The van der Waals surface area contributed by atoms with Gasteiger partial charge in [-0.15, -0.1) is 0 Å². The molecule has 0 saturated carbocycles. The van der Waals surface area contributed by atoms with E-state index in [0.29, 0.717) is 19.4 Å². The van der Waals surface area contributed by atoms with E-state index >= 15 is 0 Å². The highest BCUT2D eigenvalue weighted by molar-refractivity contribution is 5.76. The molecular formula is C44H81NO5. The first-order valence-corrected chi connectivity index (χ1v) is 21.3. The van der Waals surface area contributed by atoms with Gasteiger partial charge in [-0.05, 0) is 83.5 Å². The Morgan fingerprint density at radius 2 is 0.940 bits per heavy atom. The summed E-state index contributed by atoms with van der Waals surface area (Å²) in [6, 6.07) is -0.651. The standard InChI is InChI=1S/C44H81NO5/c1-3-5-7-9-11-13-15-16-17-22-26-30-34-38-44(49)50-39-35-31-27-23-19-18-21-25-29-33-37-43(48)45-41(40-46)42(47)36-32-28-24-20-14-12-10-8-6-4-2/h13,15,19,23,32,36,41-42,46-47H,3-12,14,16-18,20-22,24-31,33-35,37-40H2,1-2H3,(H,45,48)/b15-13-,23-19-,36-32+. The quantitative estimate of drug-likeness (QED) is 0.0338. The molecule has 0 saturated heterocycles. The number of carbonyl (C=O) groups excluding carboxylic acids is 2. The monoisotopic (exact) mass is 704 g/mol. The molecule has 2 atom stereocenters. The number of hydrogen-bond donors (Lipinski definition) is 3. The van der Waals surface area contributed by atoms with E-state index in [0.717, 1.165) is 77.0 Å². The van der Waals surface area contributed by atoms with E-state index in [1.165, 1.54) is 103 Å². The van der Waals surface area contributed by atoms with Gasteiger partial charge in [-0.25, -0.2) is 0 Å². The average molecular weight is 704 g/mol. The number of hydrogen-bond acceptors (Lipinski definition) is 5. The van der Waals surface area contributed by atoms with Crippen LogP contribution in [0.4, 0.5) is 0 Å². The predicted molar refractivity (Wildman–Crippen MR) is 213 cm³/mol. The minimum Gasteiger partial charge on any atom is -0.466 e. The van der Waals surface area contributed by atoms with Gasteiger partial charge < -0.3 is 20.3 Å². The maximum atomic E-state index is 12.3. The van der Waals surface area contributed by atoms with Gasteiger partial charge >= 0.3 is 5.97 Å². The van der Waals surface area contributed by atoms with E-state index in [4.69, 9.17) is 4.74 Å². The van der Waals surface area contributed by atoms with Crippen LogP contribution < -0.4 is 5.32 Å². The van der Waals surface area contributed by atoms with Crippen molar-refractivity contribution in [3.63, 3.8) is 0 Å². The molecule has 50 heavy (non-hydrogen) atoms. The highest BCUT2D eigenvalue weighted by Crippen LogP contribution is 2.12. The van der Waals surface area contributed by atoms with Gasteiger partial charge in [0.25, 0.3) is 0 Å². The number of amides is 1. The molecule has 6 nitrogen and oxygen atoms in total. The van der Waals surface area contributed by atoms with Crippen molar-refractivity contribution >= 4 is 11.9 Å². The first kappa shape index (κ1) is 48.1.